The molecule has 0 unspecified atom stereocenters. The van der Waals surface area contributed by atoms with Gasteiger partial charge >= 0.3 is 0 Å². The van der Waals surface area contributed by atoms with Crippen LogP contribution in [0.4, 0.5) is 0 Å². The Kier molecular flexibility index (Phi) is 5.84. The molecule has 1 rings (SSSR count). The van der Waals surface area contributed by atoms with Crippen molar-refractivity contribution in [2.75, 3.05) is 0 Å². The zero-order valence-corrected chi connectivity index (χ0v) is 10.5. The molecule has 0 aliphatic carbocycles. The summed E-state index contributed by atoms with van der Waals surface area (Å²) in [4.78, 5) is 11.6. The summed E-state index contributed by atoms with van der Waals surface area (Å²) in [5.74, 6) is 0.373. The third kappa shape index (κ3) is 4.61. The molecule has 0 amide bonds. The number of carbonyl (C=O) groups excluding carboxylic acids is 1. The van der Waals surface area contributed by atoms with E-state index in [1.165, 1.54) is 18.4 Å². The highest BCUT2D eigenvalue weighted by Crippen LogP contribution is 2.08. The molecular formula is C15H22O. The highest BCUT2D eigenvalue weighted by atomic mass is 16.1. The minimum absolute atomic E-state index is 0.373. The zero-order chi connectivity index (χ0) is 11.8. The number of aryl methyl sites for hydroxylation is 1. The van der Waals surface area contributed by atoms with Gasteiger partial charge in [-0.05, 0) is 24.0 Å². The molecule has 0 spiro atoms. The number of hydrogen-bond donors (Lipinski definition) is 0. The molecular weight excluding hydrogens is 196 g/mol. The molecule has 1 nitrogen and oxygen atoms in total. The Hall–Kier alpha value is -1.11. The van der Waals surface area contributed by atoms with Crippen LogP contribution in [0.1, 0.15) is 50.7 Å². The van der Waals surface area contributed by atoms with E-state index >= 15 is 0 Å². The van der Waals surface area contributed by atoms with Gasteiger partial charge in [0, 0.05) is 12.8 Å². The van der Waals surface area contributed by atoms with Gasteiger partial charge in [-0.3, -0.25) is 4.79 Å². The third-order valence-corrected chi connectivity index (χ3v) is 2.89. The lowest BCUT2D eigenvalue weighted by atomic mass is 10.0. The highest BCUT2D eigenvalue weighted by molar-refractivity contribution is 5.80. The van der Waals surface area contributed by atoms with Crippen molar-refractivity contribution in [2.45, 2.75) is 52.4 Å². The van der Waals surface area contributed by atoms with E-state index in [1.54, 1.807) is 0 Å². The summed E-state index contributed by atoms with van der Waals surface area (Å²) in [6.45, 7) is 4.30. The lowest BCUT2D eigenvalue weighted by Crippen LogP contribution is -2.02. The number of hydrogen-bond acceptors (Lipinski definition) is 1. The van der Waals surface area contributed by atoms with Crippen LogP contribution in [0.3, 0.4) is 0 Å². The van der Waals surface area contributed by atoms with E-state index in [2.05, 4.69) is 38.1 Å². The molecule has 0 bridgehead atoms. The van der Waals surface area contributed by atoms with Gasteiger partial charge in [-0.25, -0.2) is 0 Å². The first-order chi connectivity index (χ1) is 7.76. The van der Waals surface area contributed by atoms with Gasteiger partial charge in [0.05, 0.1) is 0 Å². The van der Waals surface area contributed by atoms with Gasteiger partial charge in [-0.2, -0.15) is 0 Å². The maximum Gasteiger partial charge on any atom is 0.137 e. The first-order valence-corrected chi connectivity index (χ1v) is 6.35. The summed E-state index contributed by atoms with van der Waals surface area (Å²) in [6, 6.07) is 8.40. The number of carbonyl (C=O) groups is 1. The molecule has 1 heteroatoms. The van der Waals surface area contributed by atoms with Gasteiger partial charge in [0.1, 0.15) is 5.78 Å². The summed E-state index contributed by atoms with van der Waals surface area (Å²) in [5, 5.41) is 0. The first-order valence-electron chi connectivity index (χ1n) is 6.35. The van der Waals surface area contributed by atoms with Crippen LogP contribution < -0.4 is 0 Å². The van der Waals surface area contributed by atoms with E-state index in [-0.39, 0.29) is 0 Å². The van der Waals surface area contributed by atoms with Gasteiger partial charge in [0.25, 0.3) is 0 Å². The molecule has 0 fully saturated rings. The third-order valence-electron chi connectivity index (χ3n) is 2.89. The molecule has 0 aliphatic heterocycles. The SMILES string of the molecule is CCCCCC(=O)Cc1ccc(CC)cc1. The topological polar surface area (TPSA) is 17.1 Å². The molecule has 0 radical (unpaired) electrons. The summed E-state index contributed by atoms with van der Waals surface area (Å²) < 4.78 is 0. The van der Waals surface area contributed by atoms with Crippen molar-refractivity contribution in [1.29, 1.82) is 0 Å². The Morgan fingerprint density at radius 3 is 2.19 bits per heavy atom. The van der Waals surface area contributed by atoms with E-state index in [1.807, 2.05) is 0 Å². The Morgan fingerprint density at radius 2 is 1.62 bits per heavy atom. The summed E-state index contributed by atoms with van der Waals surface area (Å²) in [5.41, 5.74) is 2.49. The molecule has 0 saturated carbocycles. The zero-order valence-electron chi connectivity index (χ0n) is 10.5. The Morgan fingerprint density at radius 1 is 1.00 bits per heavy atom. The summed E-state index contributed by atoms with van der Waals surface area (Å²) >= 11 is 0. The van der Waals surface area contributed by atoms with E-state index in [9.17, 15) is 4.79 Å². The smallest absolute Gasteiger partial charge is 0.137 e. The van der Waals surface area contributed by atoms with Crippen LogP contribution in [0.15, 0.2) is 24.3 Å². The maximum absolute atomic E-state index is 11.6. The van der Waals surface area contributed by atoms with E-state index in [0.717, 1.165) is 24.8 Å². The van der Waals surface area contributed by atoms with Crippen molar-refractivity contribution in [3.63, 3.8) is 0 Å². The number of benzene rings is 1. The van der Waals surface area contributed by atoms with Gasteiger partial charge in [0.2, 0.25) is 0 Å². The van der Waals surface area contributed by atoms with Gasteiger partial charge in [-0.15, -0.1) is 0 Å². The second kappa shape index (κ2) is 7.21. The predicted molar refractivity (Wildman–Crippen MR) is 68.7 cm³/mol. The standard InChI is InChI=1S/C15H22O/c1-3-5-6-7-15(16)12-14-10-8-13(4-2)9-11-14/h8-11H,3-7,12H2,1-2H3. The fourth-order valence-electron chi connectivity index (χ4n) is 1.78. The summed E-state index contributed by atoms with van der Waals surface area (Å²) in [7, 11) is 0. The highest BCUT2D eigenvalue weighted by Gasteiger charge is 2.03. The Bertz CT molecular complexity index is 311. The van der Waals surface area contributed by atoms with Crippen molar-refractivity contribution < 1.29 is 4.79 Å². The lowest BCUT2D eigenvalue weighted by molar-refractivity contribution is -0.118. The first kappa shape index (κ1) is 13.0. The number of rotatable bonds is 7. The average Bonchev–Trinajstić information content (AvgIpc) is 2.30. The molecule has 88 valence electrons. The molecule has 16 heavy (non-hydrogen) atoms. The van der Waals surface area contributed by atoms with Crippen LogP contribution in [0.2, 0.25) is 0 Å². The quantitative estimate of drug-likeness (QED) is 0.633. The predicted octanol–water partition coefficient (Wildman–Crippen LogP) is 3.94. The Labute approximate surface area is 98.9 Å². The van der Waals surface area contributed by atoms with Crippen LogP contribution in [0.25, 0.3) is 0 Å². The second-order valence-corrected chi connectivity index (χ2v) is 4.34. The number of Topliss-reactive ketones (excluding diaryl/α,β-unsaturated/α-hetero) is 1. The van der Waals surface area contributed by atoms with E-state index in [4.69, 9.17) is 0 Å². The minimum atomic E-state index is 0.373. The van der Waals surface area contributed by atoms with Crippen LogP contribution in [0.5, 0.6) is 0 Å². The lowest BCUT2D eigenvalue weighted by Gasteiger charge is -2.02. The van der Waals surface area contributed by atoms with Crippen molar-refractivity contribution in [3.05, 3.63) is 35.4 Å². The molecule has 0 saturated heterocycles. The maximum atomic E-state index is 11.6. The van der Waals surface area contributed by atoms with Crippen molar-refractivity contribution in [1.82, 2.24) is 0 Å². The molecule has 0 aromatic heterocycles. The summed E-state index contributed by atoms with van der Waals surface area (Å²) in [6.07, 6.45) is 5.79. The molecule has 0 atom stereocenters. The minimum Gasteiger partial charge on any atom is -0.299 e. The monoisotopic (exact) mass is 218 g/mol. The van der Waals surface area contributed by atoms with Gasteiger partial charge in [-0.1, -0.05) is 51.0 Å². The van der Waals surface area contributed by atoms with Crippen LogP contribution in [-0.4, -0.2) is 5.78 Å². The fraction of sp³-hybridized carbons (Fsp3) is 0.533. The van der Waals surface area contributed by atoms with Gasteiger partial charge in [0.15, 0.2) is 0 Å². The van der Waals surface area contributed by atoms with E-state index < -0.39 is 0 Å². The molecule has 1 aromatic rings. The second-order valence-electron chi connectivity index (χ2n) is 4.34. The molecule has 1 aromatic carbocycles. The average molecular weight is 218 g/mol. The number of unbranched alkanes of at least 4 members (excludes halogenated alkanes) is 2. The molecule has 0 heterocycles. The van der Waals surface area contributed by atoms with Crippen LogP contribution >= 0.6 is 0 Å². The fourth-order valence-corrected chi connectivity index (χ4v) is 1.78. The number of ketones is 1. The van der Waals surface area contributed by atoms with Crippen LogP contribution in [-0.2, 0) is 17.6 Å². The molecule has 0 N–H and O–H groups in total. The Balaban J connectivity index is 2.37. The van der Waals surface area contributed by atoms with Crippen molar-refractivity contribution >= 4 is 5.78 Å². The van der Waals surface area contributed by atoms with Crippen molar-refractivity contribution in [3.8, 4) is 0 Å². The van der Waals surface area contributed by atoms with Crippen molar-refractivity contribution in [2.24, 2.45) is 0 Å². The largest absolute Gasteiger partial charge is 0.299 e. The van der Waals surface area contributed by atoms with Crippen LogP contribution in [0, 0.1) is 0 Å². The molecule has 0 aliphatic rings. The van der Waals surface area contributed by atoms with E-state index in [0.29, 0.717) is 12.2 Å². The van der Waals surface area contributed by atoms with Gasteiger partial charge < -0.3 is 0 Å². The normalized spacial score (nSPS) is 10.4.